The number of nitrogens with zero attached hydrogens (tertiary/aromatic N) is 5. The molecule has 4 heterocycles. The number of carbonyl (C=O) groups is 1. The molecule has 0 saturated carbocycles. The lowest BCUT2D eigenvalue weighted by Gasteiger charge is -2.36. The van der Waals surface area contributed by atoms with Crippen molar-refractivity contribution >= 4 is 22.9 Å². The number of rotatable bonds is 4. The van der Waals surface area contributed by atoms with E-state index < -0.39 is 5.54 Å². The minimum absolute atomic E-state index is 0.0747. The Morgan fingerprint density at radius 1 is 1.25 bits per heavy atom. The number of aromatic nitrogens is 4. The number of piperidine rings is 1. The second kappa shape index (κ2) is 7.35. The van der Waals surface area contributed by atoms with Crippen LogP contribution in [-0.4, -0.2) is 43.6 Å². The largest absolute Gasteiger partial charge is 0.396 e. The van der Waals surface area contributed by atoms with Crippen molar-refractivity contribution in [2.45, 2.75) is 38.1 Å². The molecule has 0 unspecified atom stereocenters. The minimum atomic E-state index is -0.750. The quantitative estimate of drug-likeness (QED) is 0.732. The van der Waals surface area contributed by atoms with Crippen LogP contribution in [0.15, 0.2) is 42.3 Å². The molecule has 1 aliphatic rings. The fraction of sp³-hybridized carbons (Fsp3) is 0.400. The summed E-state index contributed by atoms with van der Waals surface area (Å²) in [6, 6.07) is 3.95. The van der Waals surface area contributed by atoms with Gasteiger partial charge in [-0.2, -0.15) is 5.10 Å². The predicted octanol–water partition coefficient (Wildman–Crippen LogP) is 3.13. The second-order valence-corrected chi connectivity index (χ2v) is 8.54. The highest BCUT2D eigenvalue weighted by atomic mass is 32.1. The van der Waals surface area contributed by atoms with Gasteiger partial charge < -0.3 is 10.6 Å². The van der Waals surface area contributed by atoms with Crippen LogP contribution in [0.4, 0.5) is 5.69 Å². The molecule has 1 saturated heterocycles. The van der Waals surface area contributed by atoms with Crippen LogP contribution in [0, 0.1) is 0 Å². The number of amides is 1. The standard InChI is InChI=1S/C20H24N6OS/c1-20(2,26-12-16(21)11-23-26)19(27)25-9-5-15(6-10-25)18-24-17(13-28-18)14-3-7-22-8-4-14/h3-4,7-8,11-13,15H,5-6,9-10,21H2,1-2H3. The van der Waals surface area contributed by atoms with Crippen molar-refractivity contribution in [3.8, 4) is 11.3 Å². The highest BCUT2D eigenvalue weighted by molar-refractivity contribution is 7.10. The lowest BCUT2D eigenvalue weighted by Crippen LogP contribution is -2.49. The van der Waals surface area contributed by atoms with Gasteiger partial charge in [0.1, 0.15) is 5.54 Å². The van der Waals surface area contributed by atoms with Crippen molar-refractivity contribution in [2.24, 2.45) is 0 Å². The molecular weight excluding hydrogens is 372 g/mol. The van der Waals surface area contributed by atoms with E-state index in [2.05, 4.69) is 15.5 Å². The van der Waals surface area contributed by atoms with Gasteiger partial charge in [-0.3, -0.25) is 14.5 Å². The number of nitrogen functional groups attached to an aromatic ring is 1. The average molecular weight is 397 g/mol. The van der Waals surface area contributed by atoms with E-state index in [9.17, 15) is 4.79 Å². The monoisotopic (exact) mass is 396 g/mol. The number of hydrogen-bond acceptors (Lipinski definition) is 6. The first-order valence-electron chi connectivity index (χ1n) is 9.41. The Morgan fingerprint density at radius 2 is 1.96 bits per heavy atom. The van der Waals surface area contributed by atoms with Crippen molar-refractivity contribution < 1.29 is 4.79 Å². The van der Waals surface area contributed by atoms with Gasteiger partial charge in [0, 0.05) is 48.5 Å². The molecule has 0 radical (unpaired) electrons. The zero-order valence-corrected chi connectivity index (χ0v) is 16.9. The maximum atomic E-state index is 13.1. The highest BCUT2D eigenvalue weighted by Gasteiger charge is 2.36. The van der Waals surface area contributed by atoms with Crippen LogP contribution in [0.3, 0.4) is 0 Å². The lowest BCUT2D eigenvalue weighted by atomic mass is 9.95. The zero-order valence-electron chi connectivity index (χ0n) is 16.1. The molecule has 0 aromatic carbocycles. The fourth-order valence-corrected chi connectivity index (χ4v) is 4.59. The number of anilines is 1. The Bertz CT molecular complexity index is 956. The summed E-state index contributed by atoms with van der Waals surface area (Å²) in [5, 5.41) is 7.48. The smallest absolute Gasteiger partial charge is 0.249 e. The van der Waals surface area contributed by atoms with Gasteiger partial charge in [-0.15, -0.1) is 11.3 Å². The lowest BCUT2D eigenvalue weighted by molar-refractivity contribution is -0.140. The minimum Gasteiger partial charge on any atom is -0.396 e. The van der Waals surface area contributed by atoms with E-state index in [1.807, 2.05) is 30.9 Å². The summed E-state index contributed by atoms with van der Waals surface area (Å²) in [5.41, 5.74) is 7.66. The van der Waals surface area contributed by atoms with Crippen LogP contribution in [-0.2, 0) is 10.3 Å². The van der Waals surface area contributed by atoms with Gasteiger partial charge in [0.15, 0.2) is 0 Å². The number of thiazole rings is 1. The van der Waals surface area contributed by atoms with Crippen LogP contribution in [0.1, 0.15) is 37.6 Å². The normalized spacial score (nSPS) is 15.7. The molecule has 1 amide bonds. The van der Waals surface area contributed by atoms with E-state index >= 15 is 0 Å². The average Bonchev–Trinajstić information content (AvgIpc) is 3.38. The molecule has 3 aromatic heterocycles. The van der Waals surface area contributed by atoms with Crippen LogP contribution in [0.25, 0.3) is 11.3 Å². The first kappa shape index (κ1) is 18.6. The predicted molar refractivity (Wildman–Crippen MR) is 110 cm³/mol. The number of carbonyl (C=O) groups excluding carboxylic acids is 1. The Balaban J connectivity index is 1.41. The topological polar surface area (TPSA) is 89.9 Å². The maximum Gasteiger partial charge on any atom is 0.249 e. The maximum absolute atomic E-state index is 13.1. The van der Waals surface area contributed by atoms with Crippen LogP contribution in [0.5, 0.6) is 0 Å². The Morgan fingerprint density at radius 3 is 2.61 bits per heavy atom. The SMILES string of the molecule is CC(C)(C(=O)N1CCC(c2nc(-c3ccncc3)cs2)CC1)n1cc(N)cn1. The van der Waals surface area contributed by atoms with E-state index in [1.54, 1.807) is 40.8 Å². The molecular formula is C20H24N6OS. The van der Waals surface area contributed by atoms with Crippen molar-refractivity contribution in [2.75, 3.05) is 18.8 Å². The van der Waals surface area contributed by atoms with E-state index in [0.29, 0.717) is 11.6 Å². The van der Waals surface area contributed by atoms with E-state index in [4.69, 9.17) is 10.7 Å². The molecule has 7 nitrogen and oxygen atoms in total. The summed E-state index contributed by atoms with van der Waals surface area (Å²) in [7, 11) is 0. The molecule has 0 aliphatic carbocycles. The molecule has 0 atom stereocenters. The molecule has 3 aromatic rings. The van der Waals surface area contributed by atoms with Gasteiger partial charge in [-0.05, 0) is 38.8 Å². The molecule has 1 fully saturated rings. The van der Waals surface area contributed by atoms with Gasteiger partial charge in [-0.25, -0.2) is 4.98 Å². The highest BCUT2D eigenvalue weighted by Crippen LogP contribution is 2.33. The molecule has 0 spiro atoms. The summed E-state index contributed by atoms with van der Waals surface area (Å²) >= 11 is 1.70. The van der Waals surface area contributed by atoms with Gasteiger partial charge in [0.25, 0.3) is 0 Å². The Labute approximate surface area is 168 Å². The van der Waals surface area contributed by atoms with Gasteiger partial charge in [0.2, 0.25) is 5.91 Å². The first-order chi connectivity index (χ1) is 13.4. The molecule has 28 heavy (non-hydrogen) atoms. The second-order valence-electron chi connectivity index (χ2n) is 7.65. The van der Waals surface area contributed by atoms with E-state index in [0.717, 1.165) is 42.2 Å². The third-order valence-electron chi connectivity index (χ3n) is 5.33. The van der Waals surface area contributed by atoms with Crippen LogP contribution in [0.2, 0.25) is 0 Å². The summed E-state index contributed by atoms with van der Waals surface area (Å²) in [6.45, 7) is 5.23. The third-order valence-corrected chi connectivity index (χ3v) is 6.34. The first-order valence-corrected chi connectivity index (χ1v) is 10.3. The number of nitrogens with two attached hydrogens (primary N) is 1. The number of pyridine rings is 1. The summed E-state index contributed by atoms with van der Waals surface area (Å²) in [6.07, 6.45) is 8.70. The van der Waals surface area contributed by atoms with E-state index in [-0.39, 0.29) is 5.91 Å². The number of likely N-dealkylation sites (tertiary alicyclic amines) is 1. The molecule has 0 bridgehead atoms. The van der Waals surface area contributed by atoms with Crippen molar-refractivity contribution in [1.82, 2.24) is 24.6 Å². The Hall–Kier alpha value is -2.74. The zero-order chi connectivity index (χ0) is 19.7. The molecule has 8 heteroatoms. The van der Waals surface area contributed by atoms with Crippen LogP contribution < -0.4 is 5.73 Å². The van der Waals surface area contributed by atoms with E-state index in [1.165, 1.54) is 0 Å². The third kappa shape index (κ3) is 3.52. The number of hydrogen-bond donors (Lipinski definition) is 1. The molecule has 4 rings (SSSR count). The van der Waals surface area contributed by atoms with Crippen molar-refractivity contribution in [1.29, 1.82) is 0 Å². The molecule has 1 aliphatic heterocycles. The van der Waals surface area contributed by atoms with Gasteiger partial charge >= 0.3 is 0 Å². The Kier molecular flexibility index (Phi) is 4.89. The molecule has 2 N–H and O–H groups in total. The van der Waals surface area contributed by atoms with Crippen molar-refractivity contribution in [3.63, 3.8) is 0 Å². The fourth-order valence-electron chi connectivity index (χ4n) is 3.59. The van der Waals surface area contributed by atoms with Gasteiger partial charge in [-0.1, -0.05) is 0 Å². The van der Waals surface area contributed by atoms with Gasteiger partial charge in [0.05, 0.1) is 22.6 Å². The summed E-state index contributed by atoms with van der Waals surface area (Å²) in [4.78, 5) is 23.9. The molecule has 146 valence electrons. The summed E-state index contributed by atoms with van der Waals surface area (Å²) in [5.74, 6) is 0.471. The summed E-state index contributed by atoms with van der Waals surface area (Å²) < 4.78 is 1.65. The van der Waals surface area contributed by atoms with Crippen molar-refractivity contribution in [3.05, 3.63) is 47.3 Å². The van der Waals surface area contributed by atoms with Crippen LogP contribution >= 0.6 is 11.3 Å².